The lowest BCUT2D eigenvalue weighted by atomic mass is 10.3. The van der Waals surface area contributed by atoms with E-state index in [1.54, 1.807) is 7.11 Å². The molecule has 1 N–H and O–H groups in total. The Morgan fingerprint density at radius 3 is 2.74 bits per heavy atom. The summed E-state index contributed by atoms with van der Waals surface area (Å²) in [5.41, 5.74) is 0.920. The average Bonchev–Trinajstić information content (AvgIpc) is 2.42. The molecule has 0 amide bonds. The summed E-state index contributed by atoms with van der Waals surface area (Å²) >= 11 is 0. The van der Waals surface area contributed by atoms with E-state index in [0.717, 1.165) is 31.0 Å². The molecule has 0 fully saturated rings. The molecule has 0 saturated heterocycles. The highest BCUT2D eigenvalue weighted by Crippen LogP contribution is 2.19. The molecule has 0 aromatic carbocycles. The van der Waals surface area contributed by atoms with Gasteiger partial charge < -0.3 is 19.5 Å². The predicted molar refractivity (Wildman–Crippen MR) is 73.7 cm³/mol. The van der Waals surface area contributed by atoms with Crippen molar-refractivity contribution in [3.05, 3.63) is 11.9 Å². The molecule has 1 rings (SSSR count). The Kier molecular flexibility index (Phi) is 7.84. The third-order valence-corrected chi connectivity index (χ3v) is 2.49. The van der Waals surface area contributed by atoms with Crippen molar-refractivity contribution in [1.29, 1.82) is 0 Å². The maximum absolute atomic E-state index is 5.58. The lowest BCUT2D eigenvalue weighted by Gasteiger charge is -2.11. The predicted octanol–water partition coefficient (Wildman–Crippen LogP) is 1.65. The summed E-state index contributed by atoms with van der Waals surface area (Å²) in [6, 6.07) is 0. The van der Waals surface area contributed by atoms with Gasteiger partial charge in [-0.1, -0.05) is 0 Å². The molecular formula is C13H23N3O3. The minimum atomic E-state index is 0.483. The first-order valence-corrected chi connectivity index (χ1v) is 6.54. The molecule has 1 aromatic heterocycles. The van der Waals surface area contributed by atoms with Crippen LogP contribution in [0.25, 0.3) is 0 Å². The molecule has 0 aliphatic rings. The SMILES string of the molecule is CCNc1ncnc(OCCOCCCOC)c1C. The van der Waals surface area contributed by atoms with Crippen LogP contribution < -0.4 is 10.1 Å². The van der Waals surface area contributed by atoms with Crippen molar-refractivity contribution in [2.75, 3.05) is 45.4 Å². The van der Waals surface area contributed by atoms with Gasteiger partial charge in [-0.15, -0.1) is 0 Å². The van der Waals surface area contributed by atoms with Gasteiger partial charge in [0.25, 0.3) is 0 Å². The molecule has 0 radical (unpaired) electrons. The van der Waals surface area contributed by atoms with Gasteiger partial charge in [0.05, 0.1) is 12.2 Å². The molecule has 0 unspecified atom stereocenters. The van der Waals surface area contributed by atoms with Crippen molar-refractivity contribution in [3.63, 3.8) is 0 Å². The van der Waals surface area contributed by atoms with Crippen LogP contribution in [0.2, 0.25) is 0 Å². The number of hydrogen-bond donors (Lipinski definition) is 1. The minimum Gasteiger partial charge on any atom is -0.475 e. The summed E-state index contributed by atoms with van der Waals surface area (Å²) in [7, 11) is 1.68. The lowest BCUT2D eigenvalue weighted by molar-refractivity contribution is 0.0793. The molecule has 0 bridgehead atoms. The van der Waals surface area contributed by atoms with Crippen LogP contribution >= 0.6 is 0 Å². The number of methoxy groups -OCH3 is 1. The molecule has 0 atom stereocenters. The van der Waals surface area contributed by atoms with Crippen molar-refractivity contribution in [1.82, 2.24) is 9.97 Å². The fraction of sp³-hybridized carbons (Fsp3) is 0.692. The Labute approximate surface area is 114 Å². The number of hydrogen-bond acceptors (Lipinski definition) is 6. The van der Waals surface area contributed by atoms with Crippen molar-refractivity contribution < 1.29 is 14.2 Å². The highest BCUT2D eigenvalue weighted by atomic mass is 16.5. The first-order valence-electron chi connectivity index (χ1n) is 6.54. The Balaban J connectivity index is 2.27. The van der Waals surface area contributed by atoms with Gasteiger partial charge in [-0.2, -0.15) is 0 Å². The van der Waals surface area contributed by atoms with E-state index in [4.69, 9.17) is 14.2 Å². The largest absolute Gasteiger partial charge is 0.475 e. The maximum Gasteiger partial charge on any atom is 0.221 e. The van der Waals surface area contributed by atoms with Gasteiger partial charge in [-0.3, -0.25) is 0 Å². The number of ether oxygens (including phenoxy) is 3. The van der Waals surface area contributed by atoms with Crippen molar-refractivity contribution >= 4 is 5.82 Å². The molecule has 108 valence electrons. The first-order chi connectivity index (χ1) is 9.29. The number of rotatable bonds is 10. The molecule has 0 spiro atoms. The van der Waals surface area contributed by atoms with Crippen LogP contribution in [0.4, 0.5) is 5.82 Å². The second kappa shape index (κ2) is 9.52. The minimum absolute atomic E-state index is 0.483. The van der Waals surface area contributed by atoms with Crippen LogP contribution in [0.15, 0.2) is 6.33 Å². The molecule has 1 heterocycles. The highest BCUT2D eigenvalue weighted by Gasteiger charge is 2.06. The number of nitrogens with zero attached hydrogens (tertiary/aromatic N) is 2. The Bertz CT molecular complexity index is 361. The van der Waals surface area contributed by atoms with E-state index in [9.17, 15) is 0 Å². The van der Waals surface area contributed by atoms with E-state index in [2.05, 4.69) is 15.3 Å². The van der Waals surface area contributed by atoms with Crippen LogP contribution in [0, 0.1) is 6.92 Å². The zero-order chi connectivity index (χ0) is 13.9. The molecule has 19 heavy (non-hydrogen) atoms. The number of aromatic nitrogens is 2. The summed E-state index contributed by atoms with van der Waals surface area (Å²) in [6.45, 7) is 7.21. The van der Waals surface area contributed by atoms with E-state index in [1.807, 2.05) is 13.8 Å². The van der Waals surface area contributed by atoms with Crippen LogP contribution in [0.5, 0.6) is 5.88 Å². The second-order valence-corrected chi connectivity index (χ2v) is 3.99. The fourth-order valence-electron chi connectivity index (χ4n) is 1.53. The first kappa shape index (κ1) is 15.7. The summed E-state index contributed by atoms with van der Waals surface area (Å²) in [5, 5.41) is 3.16. The Morgan fingerprint density at radius 1 is 1.16 bits per heavy atom. The van der Waals surface area contributed by atoms with E-state index in [1.165, 1.54) is 6.33 Å². The molecular weight excluding hydrogens is 246 g/mol. The molecule has 6 heteroatoms. The second-order valence-electron chi connectivity index (χ2n) is 3.99. The number of nitrogens with one attached hydrogen (secondary N) is 1. The third kappa shape index (κ3) is 5.85. The van der Waals surface area contributed by atoms with Crippen molar-refractivity contribution in [3.8, 4) is 5.88 Å². The lowest BCUT2D eigenvalue weighted by Crippen LogP contribution is -2.11. The van der Waals surface area contributed by atoms with E-state index in [0.29, 0.717) is 25.7 Å². The van der Waals surface area contributed by atoms with Gasteiger partial charge >= 0.3 is 0 Å². The van der Waals surface area contributed by atoms with Crippen LogP contribution in [0.3, 0.4) is 0 Å². The molecule has 1 aromatic rings. The van der Waals surface area contributed by atoms with Gasteiger partial charge in [0.15, 0.2) is 0 Å². The van der Waals surface area contributed by atoms with Gasteiger partial charge in [-0.25, -0.2) is 9.97 Å². The monoisotopic (exact) mass is 269 g/mol. The molecule has 0 saturated carbocycles. The van der Waals surface area contributed by atoms with Gasteiger partial charge in [-0.05, 0) is 20.3 Å². The highest BCUT2D eigenvalue weighted by molar-refractivity contribution is 5.47. The summed E-state index contributed by atoms with van der Waals surface area (Å²) in [5.74, 6) is 1.42. The van der Waals surface area contributed by atoms with E-state index < -0.39 is 0 Å². The Morgan fingerprint density at radius 2 is 2.00 bits per heavy atom. The quantitative estimate of drug-likeness (QED) is 0.652. The van der Waals surface area contributed by atoms with E-state index in [-0.39, 0.29) is 0 Å². The summed E-state index contributed by atoms with van der Waals surface area (Å²) < 4.78 is 15.9. The fourth-order valence-corrected chi connectivity index (χ4v) is 1.53. The third-order valence-electron chi connectivity index (χ3n) is 2.49. The van der Waals surface area contributed by atoms with Gasteiger partial charge in [0.1, 0.15) is 18.8 Å². The summed E-state index contributed by atoms with van der Waals surface area (Å²) in [6.07, 6.45) is 2.40. The van der Waals surface area contributed by atoms with Gasteiger partial charge in [0.2, 0.25) is 5.88 Å². The van der Waals surface area contributed by atoms with Gasteiger partial charge in [0, 0.05) is 26.9 Å². The standard InChI is InChI=1S/C13H23N3O3/c1-4-14-12-11(2)13(16-10-15-12)19-9-8-18-7-5-6-17-3/h10H,4-9H2,1-3H3,(H,14,15,16). The topological polar surface area (TPSA) is 65.5 Å². The average molecular weight is 269 g/mol. The summed E-state index contributed by atoms with van der Waals surface area (Å²) in [4.78, 5) is 8.28. The zero-order valence-corrected chi connectivity index (χ0v) is 11.9. The smallest absolute Gasteiger partial charge is 0.221 e. The van der Waals surface area contributed by atoms with Crippen LogP contribution in [0.1, 0.15) is 18.9 Å². The Hall–Kier alpha value is -1.40. The van der Waals surface area contributed by atoms with Crippen molar-refractivity contribution in [2.45, 2.75) is 20.3 Å². The van der Waals surface area contributed by atoms with E-state index >= 15 is 0 Å². The maximum atomic E-state index is 5.58. The normalized spacial score (nSPS) is 10.5. The van der Waals surface area contributed by atoms with Crippen LogP contribution in [-0.2, 0) is 9.47 Å². The van der Waals surface area contributed by atoms with Crippen molar-refractivity contribution in [2.24, 2.45) is 0 Å². The number of anilines is 1. The zero-order valence-electron chi connectivity index (χ0n) is 11.9. The molecule has 0 aliphatic carbocycles. The molecule has 0 aliphatic heterocycles. The molecule has 6 nitrogen and oxygen atoms in total. The van der Waals surface area contributed by atoms with Crippen LogP contribution in [-0.4, -0.2) is 50.1 Å².